The van der Waals surface area contributed by atoms with Crippen LogP contribution in [0.2, 0.25) is 5.02 Å². The molecule has 3 aromatic carbocycles. The zero-order valence-corrected chi connectivity index (χ0v) is 18.1. The number of sulfonamides is 2. The molecule has 6 nitrogen and oxygen atoms in total. The summed E-state index contributed by atoms with van der Waals surface area (Å²) in [6, 6.07) is 16.7. The van der Waals surface area contributed by atoms with Gasteiger partial charge in [0.1, 0.15) is 0 Å². The molecule has 3 rings (SSSR count). The number of nitrogens with one attached hydrogen (secondary N) is 2. The summed E-state index contributed by atoms with van der Waals surface area (Å²) in [7, 11) is -7.63. The van der Waals surface area contributed by atoms with E-state index in [-0.39, 0.29) is 15.5 Å². The van der Waals surface area contributed by atoms with Crippen LogP contribution in [0, 0.1) is 13.8 Å². The minimum absolute atomic E-state index is 0.0228. The number of aryl methyl sites for hydroxylation is 2. The first-order chi connectivity index (χ1) is 13.6. The minimum atomic E-state index is -3.82. The lowest BCUT2D eigenvalue weighted by atomic mass is 10.1. The van der Waals surface area contributed by atoms with Crippen molar-refractivity contribution in [1.29, 1.82) is 0 Å². The van der Waals surface area contributed by atoms with Crippen molar-refractivity contribution in [2.24, 2.45) is 0 Å². The van der Waals surface area contributed by atoms with E-state index in [1.165, 1.54) is 48.5 Å². The zero-order chi connectivity index (χ0) is 21.2. The number of rotatable bonds is 6. The van der Waals surface area contributed by atoms with E-state index in [1.54, 1.807) is 0 Å². The van der Waals surface area contributed by atoms with Gasteiger partial charge in [-0.25, -0.2) is 16.8 Å². The number of anilines is 2. The average molecular weight is 451 g/mol. The highest BCUT2D eigenvalue weighted by atomic mass is 35.5. The first-order valence-corrected chi connectivity index (χ1v) is 11.9. The van der Waals surface area contributed by atoms with Gasteiger partial charge in [-0.3, -0.25) is 9.44 Å². The number of benzene rings is 3. The average Bonchev–Trinajstić information content (AvgIpc) is 2.65. The molecule has 0 aliphatic rings. The molecule has 0 atom stereocenters. The van der Waals surface area contributed by atoms with Gasteiger partial charge in [-0.15, -0.1) is 0 Å². The fourth-order valence-corrected chi connectivity index (χ4v) is 5.09. The Labute approximate surface area is 175 Å². The summed E-state index contributed by atoms with van der Waals surface area (Å²) < 4.78 is 55.2. The highest BCUT2D eigenvalue weighted by molar-refractivity contribution is 7.93. The van der Waals surface area contributed by atoms with E-state index < -0.39 is 20.0 Å². The Morgan fingerprint density at radius 2 is 1.10 bits per heavy atom. The summed E-state index contributed by atoms with van der Waals surface area (Å²) >= 11 is 5.78. The summed E-state index contributed by atoms with van der Waals surface area (Å²) in [5.74, 6) is 0. The van der Waals surface area contributed by atoms with Crippen molar-refractivity contribution in [2.45, 2.75) is 23.6 Å². The predicted molar refractivity (Wildman–Crippen MR) is 115 cm³/mol. The molecule has 29 heavy (non-hydrogen) atoms. The third-order valence-electron chi connectivity index (χ3n) is 4.26. The van der Waals surface area contributed by atoms with Crippen molar-refractivity contribution in [2.75, 3.05) is 9.44 Å². The smallest absolute Gasteiger partial charge is 0.261 e. The second-order valence-corrected chi connectivity index (χ2v) is 10.3. The predicted octanol–water partition coefficient (Wildman–Crippen LogP) is 4.56. The van der Waals surface area contributed by atoms with E-state index in [4.69, 9.17) is 11.6 Å². The molecule has 0 heterocycles. The Morgan fingerprint density at radius 1 is 0.655 bits per heavy atom. The van der Waals surface area contributed by atoms with Gasteiger partial charge in [-0.05, 0) is 73.5 Å². The van der Waals surface area contributed by atoms with Crippen molar-refractivity contribution >= 4 is 43.0 Å². The van der Waals surface area contributed by atoms with Crippen LogP contribution in [-0.2, 0) is 20.0 Å². The normalized spacial score (nSPS) is 11.8. The Balaban J connectivity index is 1.81. The lowest BCUT2D eigenvalue weighted by molar-refractivity contribution is 0.600. The molecular formula is C20H19ClN2O4S2. The second kappa shape index (κ2) is 8.06. The fourth-order valence-electron chi connectivity index (χ4n) is 2.70. The third-order valence-corrected chi connectivity index (χ3v) is 7.27. The molecular weight excluding hydrogens is 432 g/mol. The van der Waals surface area contributed by atoms with Gasteiger partial charge in [0.05, 0.1) is 15.5 Å². The summed E-state index contributed by atoms with van der Waals surface area (Å²) in [4.78, 5) is 0.0740. The van der Waals surface area contributed by atoms with Gasteiger partial charge in [0.15, 0.2) is 0 Å². The topological polar surface area (TPSA) is 92.3 Å². The van der Waals surface area contributed by atoms with Crippen LogP contribution in [-0.4, -0.2) is 16.8 Å². The maximum Gasteiger partial charge on any atom is 0.261 e. The van der Waals surface area contributed by atoms with Gasteiger partial charge in [0, 0.05) is 10.7 Å². The monoisotopic (exact) mass is 450 g/mol. The van der Waals surface area contributed by atoms with E-state index in [9.17, 15) is 16.8 Å². The van der Waals surface area contributed by atoms with Gasteiger partial charge in [0.25, 0.3) is 20.0 Å². The molecule has 0 spiro atoms. The summed E-state index contributed by atoms with van der Waals surface area (Å²) in [5, 5.41) is 0.426. The van der Waals surface area contributed by atoms with Gasteiger partial charge in [0.2, 0.25) is 0 Å². The van der Waals surface area contributed by atoms with Gasteiger partial charge in [-0.2, -0.15) is 0 Å². The van der Waals surface area contributed by atoms with E-state index >= 15 is 0 Å². The molecule has 0 aliphatic carbocycles. The van der Waals surface area contributed by atoms with E-state index in [2.05, 4.69) is 9.44 Å². The number of hydrogen-bond acceptors (Lipinski definition) is 4. The molecule has 0 aliphatic heterocycles. The number of hydrogen-bond donors (Lipinski definition) is 2. The second-order valence-electron chi connectivity index (χ2n) is 6.46. The van der Waals surface area contributed by atoms with E-state index in [0.717, 1.165) is 11.1 Å². The molecule has 0 aromatic heterocycles. The molecule has 0 radical (unpaired) electrons. The summed E-state index contributed by atoms with van der Waals surface area (Å²) in [6.45, 7) is 3.64. The maximum absolute atomic E-state index is 12.7. The van der Waals surface area contributed by atoms with Crippen LogP contribution in [0.3, 0.4) is 0 Å². The number of para-hydroxylation sites is 1. The van der Waals surface area contributed by atoms with Crippen LogP contribution in [0.25, 0.3) is 0 Å². The van der Waals surface area contributed by atoms with Crippen LogP contribution < -0.4 is 9.44 Å². The first-order valence-electron chi connectivity index (χ1n) is 8.56. The molecule has 2 N–H and O–H groups in total. The molecule has 0 bridgehead atoms. The standard InChI is InChI=1S/C20H19ClN2O4S2/c1-14-4-3-5-15(2)20(14)23-29(26,27)19-12-8-17(9-13-19)22-28(24,25)18-10-6-16(21)7-11-18/h3-13,22-23H,1-2H3. The highest BCUT2D eigenvalue weighted by Gasteiger charge is 2.18. The fraction of sp³-hybridized carbons (Fsp3) is 0.100. The maximum atomic E-state index is 12.7. The first kappa shape index (κ1) is 21.2. The molecule has 0 unspecified atom stereocenters. The van der Waals surface area contributed by atoms with Crippen molar-refractivity contribution in [3.05, 3.63) is 82.9 Å². The Bertz CT molecular complexity index is 1220. The van der Waals surface area contributed by atoms with Gasteiger partial charge >= 0.3 is 0 Å². The SMILES string of the molecule is Cc1cccc(C)c1NS(=O)(=O)c1ccc(NS(=O)(=O)c2ccc(Cl)cc2)cc1. The molecule has 152 valence electrons. The van der Waals surface area contributed by atoms with E-state index in [0.29, 0.717) is 10.7 Å². The van der Waals surface area contributed by atoms with E-state index in [1.807, 2.05) is 32.0 Å². The van der Waals surface area contributed by atoms with Crippen molar-refractivity contribution < 1.29 is 16.8 Å². The molecule has 0 fully saturated rings. The van der Waals surface area contributed by atoms with Crippen LogP contribution in [0.1, 0.15) is 11.1 Å². The lowest BCUT2D eigenvalue weighted by Gasteiger charge is -2.14. The third kappa shape index (κ3) is 4.90. The van der Waals surface area contributed by atoms with Crippen LogP contribution in [0.5, 0.6) is 0 Å². The summed E-state index contributed by atoms with van der Waals surface area (Å²) in [6.07, 6.45) is 0. The van der Waals surface area contributed by atoms with Gasteiger partial charge < -0.3 is 0 Å². The lowest BCUT2D eigenvalue weighted by Crippen LogP contribution is -2.15. The van der Waals surface area contributed by atoms with Crippen LogP contribution >= 0.6 is 11.6 Å². The number of halogens is 1. The van der Waals surface area contributed by atoms with Crippen molar-refractivity contribution in [3.63, 3.8) is 0 Å². The zero-order valence-electron chi connectivity index (χ0n) is 15.7. The largest absolute Gasteiger partial charge is 0.280 e. The van der Waals surface area contributed by atoms with Gasteiger partial charge in [-0.1, -0.05) is 29.8 Å². The highest BCUT2D eigenvalue weighted by Crippen LogP contribution is 2.25. The molecule has 0 amide bonds. The van der Waals surface area contributed by atoms with Crippen molar-refractivity contribution in [1.82, 2.24) is 0 Å². The van der Waals surface area contributed by atoms with Crippen molar-refractivity contribution in [3.8, 4) is 0 Å². The van der Waals surface area contributed by atoms with Crippen LogP contribution in [0.15, 0.2) is 76.5 Å². The molecule has 0 saturated heterocycles. The Kier molecular flexibility index (Phi) is 5.88. The Morgan fingerprint density at radius 3 is 1.62 bits per heavy atom. The minimum Gasteiger partial charge on any atom is -0.280 e. The Hall–Kier alpha value is -2.55. The quantitative estimate of drug-likeness (QED) is 0.575. The summed E-state index contributed by atoms with van der Waals surface area (Å²) in [5.41, 5.74) is 2.38. The molecule has 0 saturated carbocycles. The molecule has 9 heteroatoms. The molecule has 3 aromatic rings. The van der Waals surface area contributed by atoms with Crippen LogP contribution in [0.4, 0.5) is 11.4 Å².